The molecule has 3 saturated carbocycles. The summed E-state index contributed by atoms with van der Waals surface area (Å²) < 4.78 is 0. The number of rotatable bonds is 0. The van der Waals surface area contributed by atoms with Gasteiger partial charge in [0.1, 0.15) is 0 Å². The molecule has 0 radical (unpaired) electrons. The molecule has 0 saturated heterocycles. The van der Waals surface area contributed by atoms with Gasteiger partial charge in [0.05, 0.1) is 11.7 Å². The van der Waals surface area contributed by atoms with Crippen LogP contribution in [-0.4, -0.2) is 37.9 Å². The first kappa shape index (κ1) is 15.2. The molecule has 3 aliphatic rings. The molecule has 3 unspecified atom stereocenters. The van der Waals surface area contributed by atoms with Crippen molar-refractivity contribution in [1.82, 2.24) is 0 Å². The predicted molar refractivity (Wildman–Crippen MR) is 72.4 cm³/mol. The van der Waals surface area contributed by atoms with E-state index in [1.54, 1.807) is 0 Å². The second kappa shape index (κ2) is 6.08. The highest BCUT2D eigenvalue weighted by molar-refractivity contribution is 5.02. The fourth-order valence-electron chi connectivity index (χ4n) is 3.67. The van der Waals surface area contributed by atoms with Gasteiger partial charge in [-0.05, 0) is 44.4 Å². The molecule has 0 aliphatic heterocycles. The summed E-state index contributed by atoms with van der Waals surface area (Å²) in [5, 5.41) is 37.3. The monoisotopic (exact) mass is 272 g/mol. The van der Waals surface area contributed by atoms with E-state index in [-0.39, 0.29) is 0 Å². The molecule has 0 aromatic rings. The van der Waals surface area contributed by atoms with E-state index in [2.05, 4.69) is 0 Å². The Balaban J connectivity index is 0.000000141. The summed E-state index contributed by atoms with van der Waals surface area (Å²) in [5.41, 5.74) is -0.676. The molecule has 3 rings (SSSR count). The number of aliphatic hydroxyl groups is 4. The van der Waals surface area contributed by atoms with Crippen LogP contribution in [0.3, 0.4) is 0 Å². The van der Waals surface area contributed by atoms with Crippen molar-refractivity contribution in [3.05, 3.63) is 0 Å². The first-order chi connectivity index (χ1) is 8.91. The summed E-state index contributed by atoms with van der Waals surface area (Å²) in [6.07, 6.45) is 9.81. The number of aliphatic hydroxyl groups excluding tert-OH is 1. The largest absolute Gasteiger partial charge is 0.390 e. The van der Waals surface area contributed by atoms with Crippen LogP contribution in [0.4, 0.5) is 0 Å². The average molecular weight is 272 g/mol. The Morgan fingerprint density at radius 1 is 0.789 bits per heavy atom. The molecular formula is C15H28O4. The quantitative estimate of drug-likeness (QED) is 0.506. The SMILES string of the molecule is OC1(O)CCCCCCC1.OC1CC2CCC1(O)C2. The molecule has 3 fully saturated rings. The van der Waals surface area contributed by atoms with Crippen molar-refractivity contribution < 1.29 is 20.4 Å². The molecule has 4 N–H and O–H groups in total. The van der Waals surface area contributed by atoms with Gasteiger partial charge in [0.2, 0.25) is 0 Å². The summed E-state index contributed by atoms with van der Waals surface area (Å²) >= 11 is 0. The molecule has 0 heterocycles. The van der Waals surface area contributed by atoms with E-state index in [9.17, 15) is 20.4 Å². The van der Waals surface area contributed by atoms with Crippen LogP contribution in [0, 0.1) is 5.92 Å². The summed E-state index contributed by atoms with van der Waals surface area (Å²) in [6.45, 7) is 0. The first-order valence-electron chi connectivity index (χ1n) is 7.76. The lowest BCUT2D eigenvalue weighted by Crippen LogP contribution is -2.36. The molecule has 0 spiro atoms. The fourth-order valence-corrected chi connectivity index (χ4v) is 3.67. The van der Waals surface area contributed by atoms with Crippen molar-refractivity contribution in [1.29, 1.82) is 0 Å². The highest BCUT2D eigenvalue weighted by atomic mass is 16.5. The Bertz CT molecular complexity index is 282. The third-order valence-corrected chi connectivity index (χ3v) is 4.96. The van der Waals surface area contributed by atoms with Crippen LogP contribution < -0.4 is 0 Å². The lowest BCUT2D eigenvalue weighted by atomic mass is 9.94. The topological polar surface area (TPSA) is 80.9 Å². The van der Waals surface area contributed by atoms with Crippen LogP contribution in [0.2, 0.25) is 0 Å². The molecule has 0 aromatic carbocycles. The number of hydrogen-bond acceptors (Lipinski definition) is 4. The predicted octanol–water partition coefficient (Wildman–Crippen LogP) is 1.69. The molecule has 3 atom stereocenters. The Morgan fingerprint density at radius 2 is 1.37 bits per heavy atom. The zero-order chi connectivity index (χ0) is 13.9. The Morgan fingerprint density at radius 3 is 1.74 bits per heavy atom. The van der Waals surface area contributed by atoms with E-state index in [0.717, 1.165) is 51.4 Å². The highest BCUT2D eigenvalue weighted by Gasteiger charge is 2.50. The molecule has 112 valence electrons. The van der Waals surface area contributed by atoms with Crippen molar-refractivity contribution in [3.63, 3.8) is 0 Å². The fraction of sp³-hybridized carbons (Fsp3) is 1.00. The smallest absolute Gasteiger partial charge is 0.162 e. The zero-order valence-electron chi connectivity index (χ0n) is 11.7. The van der Waals surface area contributed by atoms with Gasteiger partial charge in [0, 0.05) is 12.8 Å². The standard InChI is InChI=1S/C8H16O2.C7H12O2/c9-8(10)6-4-2-1-3-5-7-8;8-6-3-5-1-2-7(6,9)4-5/h9-10H,1-7H2;5-6,8-9H,1-4H2. The lowest BCUT2D eigenvalue weighted by Gasteiger charge is -2.24. The second-order valence-corrected chi connectivity index (χ2v) is 6.71. The van der Waals surface area contributed by atoms with Gasteiger partial charge in [0.25, 0.3) is 0 Å². The van der Waals surface area contributed by atoms with Crippen molar-refractivity contribution in [2.45, 2.75) is 88.1 Å². The van der Waals surface area contributed by atoms with Gasteiger partial charge in [-0.15, -0.1) is 0 Å². The van der Waals surface area contributed by atoms with Gasteiger partial charge in [-0.2, -0.15) is 0 Å². The normalized spacial score (nSPS) is 41.1. The molecule has 2 bridgehead atoms. The van der Waals surface area contributed by atoms with Gasteiger partial charge in [-0.1, -0.05) is 19.3 Å². The van der Waals surface area contributed by atoms with Gasteiger partial charge in [-0.3, -0.25) is 0 Å². The van der Waals surface area contributed by atoms with Crippen molar-refractivity contribution in [3.8, 4) is 0 Å². The molecule has 3 aliphatic carbocycles. The Kier molecular flexibility index (Phi) is 4.88. The van der Waals surface area contributed by atoms with Crippen LogP contribution in [0.15, 0.2) is 0 Å². The molecule has 4 heteroatoms. The Labute approximate surface area is 115 Å². The average Bonchev–Trinajstić information content (AvgIpc) is 2.80. The minimum absolute atomic E-state index is 0.420. The van der Waals surface area contributed by atoms with Crippen LogP contribution in [0.1, 0.15) is 70.6 Å². The number of hydrogen-bond donors (Lipinski definition) is 4. The summed E-state index contributed by atoms with van der Waals surface area (Å²) in [6, 6.07) is 0. The third kappa shape index (κ3) is 4.15. The van der Waals surface area contributed by atoms with Crippen molar-refractivity contribution in [2.24, 2.45) is 5.92 Å². The van der Waals surface area contributed by atoms with E-state index in [1.165, 1.54) is 6.42 Å². The summed E-state index contributed by atoms with van der Waals surface area (Å²) in [7, 11) is 0. The lowest BCUT2D eigenvalue weighted by molar-refractivity contribution is -0.173. The molecular weight excluding hydrogens is 244 g/mol. The highest BCUT2D eigenvalue weighted by Crippen LogP contribution is 2.47. The van der Waals surface area contributed by atoms with E-state index in [4.69, 9.17) is 0 Å². The van der Waals surface area contributed by atoms with Gasteiger partial charge in [-0.25, -0.2) is 0 Å². The minimum atomic E-state index is -1.35. The van der Waals surface area contributed by atoms with Crippen LogP contribution in [0.5, 0.6) is 0 Å². The minimum Gasteiger partial charge on any atom is -0.390 e. The maximum absolute atomic E-state index is 9.56. The van der Waals surface area contributed by atoms with E-state index in [1.807, 2.05) is 0 Å². The molecule has 4 nitrogen and oxygen atoms in total. The summed E-state index contributed by atoms with van der Waals surface area (Å²) in [5.74, 6) is -0.731. The molecule has 0 amide bonds. The van der Waals surface area contributed by atoms with Crippen molar-refractivity contribution in [2.75, 3.05) is 0 Å². The van der Waals surface area contributed by atoms with E-state index in [0.29, 0.717) is 18.8 Å². The third-order valence-electron chi connectivity index (χ3n) is 4.96. The Hall–Kier alpha value is -0.160. The first-order valence-corrected chi connectivity index (χ1v) is 7.76. The molecule has 19 heavy (non-hydrogen) atoms. The van der Waals surface area contributed by atoms with Crippen LogP contribution in [0.25, 0.3) is 0 Å². The second-order valence-electron chi connectivity index (χ2n) is 6.71. The van der Waals surface area contributed by atoms with Crippen LogP contribution in [-0.2, 0) is 0 Å². The summed E-state index contributed by atoms with van der Waals surface area (Å²) in [4.78, 5) is 0. The van der Waals surface area contributed by atoms with Gasteiger partial charge >= 0.3 is 0 Å². The van der Waals surface area contributed by atoms with Crippen LogP contribution >= 0.6 is 0 Å². The van der Waals surface area contributed by atoms with E-state index >= 15 is 0 Å². The maximum atomic E-state index is 9.56. The van der Waals surface area contributed by atoms with Gasteiger partial charge in [0.15, 0.2) is 5.79 Å². The maximum Gasteiger partial charge on any atom is 0.162 e. The van der Waals surface area contributed by atoms with Gasteiger partial charge < -0.3 is 20.4 Å². The zero-order valence-corrected chi connectivity index (χ0v) is 11.7. The van der Waals surface area contributed by atoms with E-state index < -0.39 is 17.5 Å². The molecule has 0 aromatic heterocycles. The number of fused-ring (bicyclic) bond motifs is 2. The van der Waals surface area contributed by atoms with Crippen molar-refractivity contribution >= 4 is 0 Å².